The van der Waals surface area contributed by atoms with Crippen LogP contribution in [0.2, 0.25) is 0 Å². The van der Waals surface area contributed by atoms with Gasteiger partial charge in [-0.3, -0.25) is 0 Å². The number of nitrogens with zero attached hydrogens (tertiary/aromatic N) is 4. The maximum atomic E-state index is 6.51. The van der Waals surface area contributed by atoms with Crippen molar-refractivity contribution < 1.29 is 8.83 Å². The third kappa shape index (κ3) is 5.08. The molecule has 266 valence electrons. The van der Waals surface area contributed by atoms with Crippen molar-refractivity contribution in [1.82, 2.24) is 19.5 Å². The summed E-state index contributed by atoms with van der Waals surface area (Å²) in [7, 11) is 0. The molecule has 12 rings (SSSR count). The second-order valence-corrected chi connectivity index (χ2v) is 14.4. The first kappa shape index (κ1) is 31.5. The van der Waals surface area contributed by atoms with Gasteiger partial charge >= 0.3 is 0 Å². The van der Waals surface area contributed by atoms with E-state index in [-0.39, 0.29) is 0 Å². The summed E-state index contributed by atoms with van der Waals surface area (Å²) >= 11 is 0. The van der Waals surface area contributed by atoms with E-state index in [1.807, 2.05) is 60.7 Å². The Kier molecular flexibility index (Phi) is 6.83. The van der Waals surface area contributed by atoms with Crippen LogP contribution in [0.4, 0.5) is 0 Å². The van der Waals surface area contributed by atoms with Crippen LogP contribution in [-0.2, 0) is 0 Å². The molecule has 0 aliphatic carbocycles. The monoisotopic (exact) mass is 730 g/mol. The normalized spacial score (nSPS) is 11.9. The molecule has 6 nitrogen and oxygen atoms in total. The largest absolute Gasteiger partial charge is 0.456 e. The van der Waals surface area contributed by atoms with Gasteiger partial charge in [-0.05, 0) is 77.9 Å². The highest BCUT2D eigenvalue weighted by Crippen LogP contribution is 2.39. The average molecular weight is 731 g/mol. The summed E-state index contributed by atoms with van der Waals surface area (Å²) in [6, 6.07) is 62.9. The highest BCUT2D eigenvalue weighted by atomic mass is 16.3. The molecule has 0 aliphatic heterocycles. The zero-order valence-corrected chi connectivity index (χ0v) is 30.4. The van der Waals surface area contributed by atoms with Crippen LogP contribution in [0.15, 0.2) is 191 Å². The molecule has 0 saturated heterocycles. The minimum atomic E-state index is 0.564. The Morgan fingerprint density at radius 1 is 0.298 bits per heavy atom. The first-order chi connectivity index (χ1) is 28.2. The number of aromatic nitrogens is 4. The summed E-state index contributed by atoms with van der Waals surface area (Å²) in [5.74, 6) is 1.73. The highest BCUT2D eigenvalue weighted by Gasteiger charge is 2.18. The molecule has 0 fully saturated rings. The lowest BCUT2D eigenvalue weighted by atomic mass is 10.0. The molecule has 4 aromatic heterocycles. The highest BCUT2D eigenvalue weighted by molar-refractivity contribution is 6.11. The molecule has 0 amide bonds. The van der Waals surface area contributed by atoms with Gasteiger partial charge in [0.25, 0.3) is 0 Å². The lowest BCUT2D eigenvalue weighted by Gasteiger charge is -2.09. The molecule has 8 aromatic carbocycles. The quantitative estimate of drug-likeness (QED) is 0.176. The molecule has 0 bridgehead atoms. The molecular formula is C51H30N4O2. The Labute approximate surface area is 325 Å². The van der Waals surface area contributed by atoms with Crippen LogP contribution in [0.1, 0.15) is 0 Å². The summed E-state index contributed by atoms with van der Waals surface area (Å²) in [5.41, 5.74) is 11.6. The van der Waals surface area contributed by atoms with Gasteiger partial charge in [0.1, 0.15) is 22.3 Å². The standard InChI is InChI=1S/C51H30N4O2/c1-3-11-31(12-4-1)49-52-50(34-20-24-40-39-16-8-10-18-45(39)56-47(40)29-34)54-51(53-49)35-21-25-41-42-27-32(22-26-46(42)57-48(41)30-35)33-19-23-38-37-15-7-9-17-43(37)55(44(38)28-33)36-13-5-2-6-14-36/h1-30H. The van der Waals surface area contributed by atoms with E-state index in [1.54, 1.807) is 0 Å². The summed E-state index contributed by atoms with van der Waals surface area (Å²) in [6.07, 6.45) is 0. The fourth-order valence-corrected chi connectivity index (χ4v) is 8.32. The predicted octanol–water partition coefficient (Wildman–Crippen LogP) is 13.4. The fourth-order valence-electron chi connectivity index (χ4n) is 8.32. The van der Waals surface area contributed by atoms with E-state index in [4.69, 9.17) is 23.8 Å². The van der Waals surface area contributed by atoms with Crippen LogP contribution in [-0.4, -0.2) is 19.5 Å². The Bertz CT molecular complexity index is 3530. The number of rotatable bonds is 5. The van der Waals surface area contributed by atoms with Gasteiger partial charge in [0.15, 0.2) is 17.5 Å². The minimum Gasteiger partial charge on any atom is -0.456 e. The van der Waals surface area contributed by atoms with Crippen LogP contribution in [0.5, 0.6) is 0 Å². The Balaban J connectivity index is 0.966. The summed E-state index contributed by atoms with van der Waals surface area (Å²) in [6.45, 7) is 0. The Morgan fingerprint density at radius 3 is 1.53 bits per heavy atom. The van der Waals surface area contributed by atoms with Crippen molar-refractivity contribution in [2.24, 2.45) is 0 Å². The van der Waals surface area contributed by atoms with Crippen molar-refractivity contribution in [3.63, 3.8) is 0 Å². The van der Waals surface area contributed by atoms with Crippen molar-refractivity contribution in [1.29, 1.82) is 0 Å². The second kappa shape index (κ2) is 12.3. The van der Waals surface area contributed by atoms with Gasteiger partial charge in [-0.15, -0.1) is 0 Å². The summed E-state index contributed by atoms with van der Waals surface area (Å²) in [5, 5.41) is 6.69. The average Bonchev–Trinajstić information content (AvgIpc) is 3.95. The van der Waals surface area contributed by atoms with Crippen molar-refractivity contribution >= 4 is 65.7 Å². The zero-order valence-electron chi connectivity index (χ0n) is 30.4. The van der Waals surface area contributed by atoms with Gasteiger partial charge in [0, 0.05) is 54.7 Å². The second-order valence-electron chi connectivity index (χ2n) is 14.4. The molecule has 0 spiro atoms. The fraction of sp³-hybridized carbons (Fsp3) is 0. The molecule has 6 heteroatoms. The van der Waals surface area contributed by atoms with Crippen molar-refractivity contribution in [3.8, 4) is 51.0 Å². The molecule has 4 heterocycles. The number of fused-ring (bicyclic) bond motifs is 9. The van der Waals surface area contributed by atoms with Gasteiger partial charge in [0.2, 0.25) is 0 Å². The lowest BCUT2D eigenvalue weighted by Crippen LogP contribution is -2.00. The van der Waals surface area contributed by atoms with Gasteiger partial charge in [-0.25, -0.2) is 15.0 Å². The number of hydrogen-bond donors (Lipinski definition) is 0. The Morgan fingerprint density at radius 2 is 0.789 bits per heavy atom. The van der Waals surface area contributed by atoms with E-state index in [2.05, 4.69) is 126 Å². The maximum absolute atomic E-state index is 6.51. The maximum Gasteiger partial charge on any atom is 0.164 e. The molecule has 0 saturated carbocycles. The molecule has 0 radical (unpaired) electrons. The van der Waals surface area contributed by atoms with Gasteiger partial charge in [-0.2, -0.15) is 0 Å². The molecular weight excluding hydrogens is 701 g/mol. The van der Waals surface area contributed by atoms with E-state index in [0.717, 1.165) is 77.4 Å². The molecule has 57 heavy (non-hydrogen) atoms. The van der Waals surface area contributed by atoms with Crippen LogP contribution < -0.4 is 0 Å². The van der Waals surface area contributed by atoms with Crippen molar-refractivity contribution in [2.75, 3.05) is 0 Å². The molecule has 12 aromatic rings. The predicted molar refractivity (Wildman–Crippen MR) is 230 cm³/mol. The van der Waals surface area contributed by atoms with E-state index < -0.39 is 0 Å². The molecule has 0 aliphatic rings. The first-order valence-corrected chi connectivity index (χ1v) is 19.0. The number of para-hydroxylation sites is 3. The SMILES string of the molecule is c1ccc(-c2nc(-c3ccc4c(c3)oc3ccccc34)nc(-c3ccc4c(c3)oc3ccc(-c5ccc6c7ccccc7n(-c7ccccc7)c6c5)cc34)n2)cc1. The Hall–Kier alpha value is -7.83. The molecule has 0 N–H and O–H groups in total. The van der Waals surface area contributed by atoms with Crippen LogP contribution in [0, 0.1) is 0 Å². The van der Waals surface area contributed by atoms with Crippen molar-refractivity contribution in [2.45, 2.75) is 0 Å². The van der Waals surface area contributed by atoms with Gasteiger partial charge < -0.3 is 13.4 Å². The lowest BCUT2D eigenvalue weighted by molar-refractivity contribution is 0.668. The number of hydrogen-bond acceptors (Lipinski definition) is 5. The van der Waals surface area contributed by atoms with Crippen LogP contribution >= 0.6 is 0 Å². The zero-order chi connectivity index (χ0) is 37.5. The topological polar surface area (TPSA) is 69.9 Å². The van der Waals surface area contributed by atoms with Gasteiger partial charge in [0.05, 0.1) is 11.0 Å². The smallest absolute Gasteiger partial charge is 0.164 e. The van der Waals surface area contributed by atoms with Gasteiger partial charge in [-0.1, -0.05) is 115 Å². The third-order valence-electron chi connectivity index (χ3n) is 11.1. The van der Waals surface area contributed by atoms with E-state index in [9.17, 15) is 0 Å². The minimum absolute atomic E-state index is 0.564. The molecule has 0 atom stereocenters. The number of furan rings is 2. The molecule has 0 unspecified atom stereocenters. The van der Waals surface area contributed by atoms with E-state index >= 15 is 0 Å². The van der Waals surface area contributed by atoms with Crippen molar-refractivity contribution in [3.05, 3.63) is 182 Å². The number of benzene rings is 8. The summed E-state index contributed by atoms with van der Waals surface area (Å²) < 4.78 is 15.1. The van der Waals surface area contributed by atoms with E-state index in [1.165, 1.54) is 21.8 Å². The first-order valence-electron chi connectivity index (χ1n) is 19.0. The van der Waals surface area contributed by atoms with Crippen LogP contribution in [0.3, 0.4) is 0 Å². The van der Waals surface area contributed by atoms with E-state index in [0.29, 0.717) is 17.5 Å². The third-order valence-corrected chi connectivity index (χ3v) is 11.1. The summed E-state index contributed by atoms with van der Waals surface area (Å²) in [4.78, 5) is 15.0. The van der Waals surface area contributed by atoms with Crippen LogP contribution in [0.25, 0.3) is 117 Å².